The highest BCUT2D eigenvalue weighted by Gasteiger charge is 2.09. The molecule has 0 unspecified atom stereocenters. The summed E-state index contributed by atoms with van der Waals surface area (Å²) in [5.41, 5.74) is 2.37. The molecule has 0 aliphatic heterocycles. The van der Waals surface area contributed by atoms with Crippen molar-refractivity contribution >= 4 is 28.2 Å². The van der Waals surface area contributed by atoms with Gasteiger partial charge in [0.25, 0.3) is 0 Å². The number of aliphatic hydroxyl groups excluding tert-OH is 1. The number of carbonyl (C=O) groups is 1. The van der Waals surface area contributed by atoms with Gasteiger partial charge in [-0.2, -0.15) is 5.10 Å². The lowest BCUT2D eigenvalue weighted by molar-refractivity contribution is 0.262. The number of benzene rings is 1. The van der Waals surface area contributed by atoms with Crippen LogP contribution in [0.15, 0.2) is 48.1 Å². The number of anilines is 2. The zero-order valence-electron chi connectivity index (χ0n) is 12.1. The number of nitrogens with one attached hydrogen (secondary N) is 2. The zero-order valence-corrected chi connectivity index (χ0v) is 13.0. The van der Waals surface area contributed by atoms with Gasteiger partial charge in [-0.15, -0.1) is 11.3 Å². The summed E-state index contributed by atoms with van der Waals surface area (Å²) in [5.74, 6) is 0. The van der Waals surface area contributed by atoms with E-state index in [9.17, 15) is 4.79 Å². The van der Waals surface area contributed by atoms with Crippen LogP contribution >= 0.6 is 11.3 Å². The summed E-state index contributed by atoms with van der Waals surface area (Å²) < 4.78 is 1.55. The van der Waals surface area contributed by atoms with Gasteiger partial charge in [-0.05, 0) is 0 Å². The minimum absolute atomic E-state index is 0.00526. The molecule has 2 aromatic heterocycles. The summed E-state index contributed by atoms with van der Waals surface area (Å²) in [5, 5.41) is 20.6. The van der Waals surface area contributed by atoms with Crippen LogP contribution in [0.25, 0.3) is 11.3 Å². The number of aromatic nitrogens is 3. The van der Waals surface area contributed by atoms with E-state index in [0.29, 0.717) is 17.4 Å². The lowest BCUT2D eigenvalue weighted by Gasteiger charge is -2.02. The van der Waals surface area contributed by atoms with E-state index in [-0.39, 0.29) is 12.6 Å². The summed E-state index contributed by atoms with van der Waals surface area (Å²) in [6, 6.07) is 9.38. The van der Waals surface area contributed by atoms with Crippen LogP contribution in [0, 0.1) is 0 Å². The largest absolute Gasteiger partial charge is 0.394 e. The van der Waals surface area contributed by atoms with E-state index in [1.165, 1.54) is 17.5 Å². The molecule has 3 aromatic rings. The van der Waals surface area contributed by atoms with Crippen molar-refractivity contribution in [3.8, 4) is 11.3 Å². The van der Waals surface area contributed by atoms with Gasteiger partial charge in [0, 0.05) is 17.1 Å². The van der Waals surface area contributed by atoms with Crippen LogP contribution in [0.5, 0.6) is 0 Å². The lowest BCUT2D eigenvalue weighted by Crippen LogP contribution is -2.19. The molecule has 2 heterocycles. The number of carbonyl (C=O) groups excluding carboxylic acids is 1. The Kier molecular flexibility index (Phi) is 4.65. The third kappa shape index (κ3) is 3.93. The molecule has 0 saturated heterocycles. The van der Waals surface area contributed by atoms with Gasteiger partial charge < -0.3 is 10.4 Å². The number of urea groups is 1. The van der Waals surface area contributed by atoms with Gasteiger partial charge in [-0.25, -0.2) is 9.78 Å². The first-order chi connectivity index (χ1) is 11.2. The molecule has 0 radical (unpaired) electrons. The fourth-order valence-corrected chi connectivity index (χ4v) is 2.70. The molecule has 0 aliphatic rings. The van der Waals surface area contributed by atoms with E-state index in [4.69, 9.17) is 5.11 Å². The Bertz CT molecular complexity index is 784. The van der Waals surface area contributed by atoms with Crippen molar-refractivity contribution in [3.05, 3.63) is 48.1 Å². The van der Waals surface area contributed by atoms with Crippen LogP contribution in [-0.4, -0.2) is 32.5 Å². The molecule has 8 heteroatoms. The van der Waals surface area contributed by atoms with Crippen molar-refractivity contribution < 1.29 is 9.90 Å². The molecule has 0 aliphatic carbocycles. The van der Waals surface area contributed by atoms with Gasteiger partial charge >= 0.3 is 6.03 Å². The maximum Gasteiger partial charge on any atom is 0.325 e. The van der Waals surface area contributed by atoms with Crippen molar-refractivity contribution in [3.63, 3.8) is 0 Å². The molecule has 0 saturated carbocycles. The van der Waals surface area contributed by atoms with E-state index < -0.39 is 0 Å². The SMILES string of the molecule is O=C(Nc1cnn(CCO)c1)Nc1nc(-c2ccccc2)cs1. The van der Waals surface area contributed by atoms with Crippen molar-refractivity contribution in [2.45, 2.75) is 6.54 Å². The highest BCUT2D eigenvalue weighted by Crippen LogP contribution is 2.24. The topological polar surface area (TPSA) is 92.1 Å². The van der Waals surface area contributed by atoms with E-state index in [2.05, 4.69) is 20.7 Å². The molecule has 0 spiro atoms. The van der Waals surface area contributed by atoms with Crippen molar-refractivity contribution in [1.29, 1.82) is 0 Å². The lowest BCUT2D eigenvalue weighted by atomic mass is 10.2. The van der Waals surface area contributed by atoms with E-state index in [1.807, 2.05) is 35.7 Å². The van der Waals surface area contributed by atoms with Gasteiger partial charge in [0.05, 0.1) is 30.7 Å². The number of hydrogen-bond acceptors (Lipinski definition) is 5. The number of aliphatic hydroxyl groups is 1. The average Bonchev–Trinajstić information content (AvgIpc) is 3.18. The molecule has 0 bridgehead atoms. The smallest absolute Gasteiger partial charge is 0.325 e. The van der Waals surface area contributed by atoms with Crippen LogP contribution in [0.1, 0.15) is 0 Å². The van der Waals surface area contributed by atoms with Gasteiger partial charge in [0.15, 0.2) is 5.13 Å². The molecule has 7 nitrogen and oxygen atoms in total. The van der Waals surface area contributed by atoms with Crippen LogP contribution in [0.4, 0.5) is 15.6 Å². The minimum atomic E-state index is -0.387. The van der Waals surface area contributed by atoms with Crippen molar-refractivity contribution in [2.24, 2.45) is 0 Å². The summed E-state index contributed by atoms with van der Waals surface area (Å²) in [6.07, 6.45) is 3.17. The standard InChI is InChI=1S/C15H15N5O2S/c21-7-6-20-9-12(8-16-20)17-14(22)19-15-18-13(10-23-15)11-4-2-1-3-5-11/h1-5,8-10,21H,6-7H2,(H2,17,18,19,22). The Morgan fingerprint density at radius 3 is 2.87 bits per heavy atom. The number of rotatable bonds is 5. The fourth-order valence-electron chi connectivity index (χ4n) is 1.98. The quantitative estimate of drug-likeness (QED) is 0.671. The Balaban J connectivity index is 1.60. The number of nitrogens with zero attached hydrogens (tertiary/aromatic N) is 3. The Labute approximate surface area is 136 Å². The second kappa shape index (κ2) is 7.03. The summed E-state index contributed by atoms with van der Waals surface area (Å²) in [6.45, 7) is 0.380. The molecule has 0 atom stereocenters. The second-order valence-electron chi connectivity index (χ2n) is 4.70. The molecule has 0 fully saturated rings. The fraction of sp³-hybridized carbons (Fsp3) is 0.133. The highest BCUT2D eigenvalue weighted by atomic mass is 32.1. The molecular weight excluding hydrogens is 314 g/mol. The molecule has 118 valence electrons. The van der Waals surface area contributed by atoms with Crippen molar-refractivity contribution in [1.82, 2.24) is 14.8 Å². The van der Waals surface area contributed by atoms with Crippen LogP contribution < -0.4 is 10.6 Å². The number of thiazole rings is 1. The molecule has 23 heavy (non-hydrogen) atoms. The Morgan fingerprint density at radius 2 is 2.09 bits per heavy atom. The van der Waals surface area contributed by atoms with Crippen LogP contribution in [0.2, 0.25) is 0 Å². The predicted molar refractivity (Wildman–Crippen MR) is 89.5 cm³/mol. The van der Waals surface area contributed by atoms with Gasteiger partial charge in [-0.1, -0.05) is 30.3 Å². The summed E-state index contributed by atoms with van der Waals surface area (Å²) >= 11 is 1.36. The third-order valence-corrected chi connectivity index (χ3v) is 3.77. The summed E-state index contributed by atoms with van der Waals surface area (Å²) in [7, 11) is 0. The molecule has 3 rings (SSSR count). The first kappa shape index (κ1) is 15.2. The Hall–Kier alpha value is -2.71. The normalized spacial score (nSPS) is 10.5. The monoisotopic (exact) mass is 329 g/mol. The predicted octanol–water partition coefficient (Wildman–Crippen LogP) is 2.64. The van der Waals surface area contributed by atoms with E-state index >= 15 is 0 Å². The maximum absolute atomic E-state index is 12.0. The van der Waals surface area contributed by atoms with Crippen molar-refractivity contribution in [2.75, 3.05) is 17.2 Å². The van der Waals surface area contributed by atoms with Gasteiger partial charge in [0.1, 0.15) is 0 Å². The zero-order chi connectivity index (χ0) is 16.1. The van der Waals surface area contributed by atoms with E-state index in [0.717, 1.165) is 11.3 Å². The first-order valence-electron chi connectivity index (χ1n) is 6.97. The highest BCUT2D eigenvalue weighted by molar-refractivity contribution is 7.14. The Morgan fingerprint density at radius 1 is 1.26 bits per heavy atom. The number of hydrogen-bond donors (Lipinski definition) is 3. The second-order valence-corrected chi connectivity index (χ2v) is 5.56. The summed E-state index contributed by atoms with van der Waals surface area (Å²) in [4.78, 5) is 16.3. The van der Waals surface area contributed by atoms with Gasteiger partial charge in [0.2, 0.25) is 0 Å². The average molecular weight is 329 g/mol. The first-order valence-corrected chi connectivity index (χ1v) is 7.85. The maximum atomic E-state index is 12.0. The van der Waals surface area contributed by atoms with Crippen LogP contribution in [-0.2, 0) is 6.54 Å². The molecule has 2 amide bonds. The third-order valence-electron chi connectivity index (χ3n) is 3.01. The molecule has 1 aromatic carbocycles. The van der Waals surface area contributed by atoms with Crippen LogP contribution in [0.3, 0.4) is 0 Å². The molecular formula is C15H15N5O2S. The van der Waals surface area contributed by atoms with E-state index in [1.54, 1.807) is 10.9 Å². The van der Waals surface area contributed by atoms with Gasteiger partial charge in [-0.3, -0.25) is 10.00 Å². The molecule has 3 N–H and O–H groups in total. The minimum Gasteiger partial charge on any atom is -0.394 e. The number of amides is 2.